The summed E-state index contributed by atoms with van der Waals surface area (Å²) in [6, 6.07) is 11.7. The van der Waals surface area contributed by atoms with Gasteiger partial charge >= 0.3 is 0 Å². The lowest BCUT2D eigenvalue weighted by molar-refractivity contribution is 0.0955. The first-order valence-electron chi connectivity index (χ1n) is 9.68. The third-order valence-corrected chi connectivity index (χ3v) is 4.85. The lowest BCUT2D eigenvalue weighted by Crippen LogP contribution is -2.25. The van der Waals surface area contributed by atoms with E-state index in [1.165, 1.54) is 5.56 Å². The Balaban J connectivity index is 1.57. The van der Waals surface area contributed by atoms with Crippen molar-refractivity contribution in [3.05, 3.63) is 77.9 Å². The van der Waals surface area contributed by atoms with Gasteiger partial charge in [-0.05, 0) is 55.7 Å². The highest BCUT2D eigenvalue weighted by molar-refractivity contribution is 6.07. The van der Waals surface area contributed by atoms with Crippen LogP contribution in [0.1, 0.15) is 27.9 Å². The number of pyridine rings is 2. The number of hydrogen-bond donors (Lipinski definition) is 1. The van der Waals surface area contributed by atoms with Crippen molar-refractivity contribution in [2.75, 3.05) is 6.54 Å². The van der Waals surface area contributed by atoms with Crippen LogP contribution in [0.2, 0.25) is 0 Å². The quantitative estimate of drug-likeness (QED) is 0.514. The van der Waals surface area contributed by atoms with Crippen molar-refractivity contribution in [2.45, 2.75) is 19.8 Å². The summed E-state index contributed by atoms with van der Waals surface area (Å²) in [5, 5.41) is 8.10. The number of carbonyl (C=O) groups is 1. The monoisotopic (exact) mass is 385 g/mol. The van der Waals surface area contributed by atoms with Gasteiger partial charge < -0.3 is 5.32 Å². The molecule has 0 saturated heterocycles. The first-order chi connectivity index (χ1) is 14.1. The minimum atomic E-state index is -0.0840. The Kier molecular flexibility index (Phi) is 5.33. The van der Waals surface area contributed by atoms with Crippen molar-refractivity contribution in [1.82, 2.24) is 25.1 Å². The third kappa shape index (κ3) is 4.32. The zero-order chi connectivity index (χ0) is 20.2. The summed E-state index contributed by atoms with van der Waals surface area (Å²) in [5.41, 5.74) is 5.34. The van der Waals surface area contributed by atoms with E-state index >= 15 is 0 Å². The molecular weight excluding hydrogens is 362 g/mol. The van der Waals surface area contributed by atoms with Gasteiger partial charge in [-0.2, -0.15) is 5.10 Å². The topological polar surface area (TPSA) is 72.7 Å². The van der Waals surface area contributed by atoms with Gasteiger partial charge in [0.2, 0.25) is 0 Å². The minimum Gasteiger partial charge on any atom is -0.352 e. The predicted octanol–water partition coefficient (Wildman–Crippen LogP) is 3.70. The number of benzene rings is 1. The molecule has 6 nitrogen and oxygen atoms in total. The van der Waals surface area contributed by atoms with Gasteiger partial charge in [0.15, 0.2) is 0 Å². The standard InChI is InChI=1S/C23H23N5O/c1-16-7-8-21-19(11-16)20(12-22(27-21)18-6-4-9-24-14-18)23(29)25-10-3-5-17-13-26-28(2)15-17/h4,6-9,11-15H,3,5,10H2,1-2H3,(H,25,29). The number of aromatic nitrogens is 4. The summed E-state index contributed by atoms with van der Waals surface area (Å²) in [6.07, 6.45) is 9.09. The molecule has 0 saturated carbocycles. The van der Waals surface area contributed by atoms with Crippen molar-refractivity contribution >= 4 is 16.8 Å². The fourth-order valence-electron chi connectivity index (χ4n) is 3.38. The Morgan fingerprint density at radius 2 is 2.07 bits per heavy atom. The summed E-state index contributed by atoms with van der Waals surface area (Å²) in [5.74, 6) is -0.0840. The van der Waals surface area contributed by atoms with Gasteiger partial charge in [0.05, 0.1) is 23.0 Å². The number of fused-ring (bicyclic) bond motifs is 1. The molecule has 3 heterocycles. The Hall–Kier alpha value is -3.54. The van der Waals surface area contributed by atoms with Gasteiger partial charge in [0, 0.05) is 43.1 Å². The minimum absolute atomic E-state index is 0.0840. The largest absolute Gasteiger partial charge is 0.352 e. The maximum absolute atomic E-state index is 13.0. The summed E-state index contributed by atoms with van der Waals surface area (Å²) in [6.45, 7) is 2.62. The summed E-state index contributed by atoms with van der Waals surface area (Å²) >= 11 is 0. The van der Waals surface area contributed by atoms with E-state index in [0.717, 1.165) is 40.6 Å². The molecule has 1 amide bonds. The van der Waals surface area contributed by atoms with E-state index in [9.17, 15) is 4.79 Å². The maximum atomic E-state index is 13.0. The molecule has 0 fully saturated rings. The van der Waals surface area contributed by atoms with Crippen molar-refractivity contribution in [3.63, 3.8) is 0 Å². The van der Waals surface area contributed by atoms with Crippen LogP contribution < -0.4 is 5.32 Å². The van der Waals surface area contributed by atoms with E-state index in [1.54, 1.807) is 17.1 Å². The van der Waals surface area contributed by atoms with Gasteiger partial charge in [-0.3, -0.25) is 14.5 Å². The highest BCUT2D eigenvalue weighted by atomic mass is 16.1. The number of hydrogen-bond acceptors (Lipinski definition) is 4. The highest BCUT2D eigenvalue weighted by Crippen LogP contribution is 2.25. The van der Waals surface area contributed by atoms with Gasteiger partial charge in [-0.25, -0.2) is 4.98 Å². The molecule has 0 unspecified atom stereocenters. The second kappa shape index (κ2) is 8.22. The van der Waals surface area contributed by atoms with E-state index in [2.05, 4.69) is 15.4 Å². The van der Waals surface area contributed by atoms with Crippen LogP contribution in [0.5, 0.6) is 0 Å². The van der Waals surface area contributed by atoms with Crippen LogP contribution in [-0.4, -0.2) is 32.2 Å². The van der Waals surface area contributed by atoms with Crippen LogP contribution in [0.25, 0.3) is 22.2 Å². The van der Waals surface area contributed by atoms with E-state index in [4.69, 9.17) is 4.98 Å². The average molecular weight is 385 g/mol. The van der Waals surface area contributed by atoms with E-state index in [0.29, 0.717) is 12.1 Å². The predicted molar refractivity (Wildman–Crippen MR) is 114 cm³/mol. The maximum Gasteiger partial charge on any atom is 0.252 e. The molecule has 0 spiro atoms. The average Bonchev–Trinajstić information content (AvgIpc) is 3.16. The molecule has 0 aliphatic heterocycles. The number of rotatable bonds is 6. The lowest BCUT2D eigenvalue weighted by Gasteiger charge is -2.11. The molecule has 6 heteroatoms. The van der Waals surface area contributed by atoms with Crippen LogP contribution in [0.4, 0.5) is 0 Å². The van der Waals surface area contributed by atoms with Crippen molar-refractivity contribution in [1.29, 1.82) is 0 Å². The second-order valence-electron chi connectivity index (χ2n) is 7.20. The van der Waals surface area contributed by atoms with E-state index in [1.807, 2.05) is 62.8 Å². The molecule has 0 atom stereocenters. The van der Waals surface area contributed by atoms with Crippen LogP contribution in [0.3, 0.4) is 0 Å². The van der Waals surface area contributed by atoms with E-state index in [-0.39, 0.29) is 5.91 Å². The van der Waals surface area contributed by atoms with Gasteiger partial charge in [-0.15, -0.1) is 0 Å². The van der Waals surface area contributed by atoms with Gasteiger partial charge in [0.1, 0.15) is 0 Å². The number of amides is 1. The zero-order valence-electron chi connectivity index (χ0n) is 16.6. The molecule has 4 aromatic rings. The number of nitrogens with one attached hydrogen (secondary N) is 1. The molecule has 4 rings (SSSR count). The number of carbonyl (C=O) groups excluding carboxylic acids is 1. The fourth-order valence-corrected chi connectivity index (χ4v) is 3.38. The smallest absolute Gasteiger partial charge is 0.252 e. The number of aryl methyl sites for hydroxylation is 3. The second-order valence-corrected chi connectivity index (χ2v) is 7.20. The first-order valence-corrected chi connectivity index (χ1v) is 9.68. The first kappa shape index (κ1) is 18.8. The Morgan fingerprint density at radius 3 is 2.83 bits per heavy atom. The lowest BCUT2D eigenvalue weighted by atomic mass is 10.0. The molecule has 0 aliphatic carbocycles. The molecular formula is C23H23N5O. The Labute approximate surface area is 169 Å². The van der Waals surface area contributed by atoms with Crippen LogP contribution in [0, 0.1) is 6.92 Å². The van der Waals surface area contributed by atoms with Crippen LogP contribution in [0.15, 0.2) is 61.2 Å². The van der Waals surface area contributed by atoms with Crippen LogP contribution in [-0.2, 0) is 13.5 Å². The molecule has 0 radical (unpaired) electrons. The molecule has 0 bridgehead atoms. The molecule has 0 aliphatic rings. The molecule has 1 aromatic carbocycles. The normalized spacial score (nSPS) is 11.0. The molecule has 3 aromatic heterocycles. The highest BCUT2D eigenvalue weighted by Gasteiger charge is 2.14. The third-order valence-electron chi connectivity index (χ3n) is 4.85. The summed E-state index contributed by atoms with van der Waals surface area (Å²) in [7, 11) is 1.90. The molecule has 1 N–H and O–H groups in total. The SMILES string of the molecule is Cc1ccc2nc(-c3cccnc3)cc(C(=O)NCCCc3cnn(C)c3)c2c1. The zero-order valence-corrected chi connectivity index (χ0v) is 16.6. The number of nitrogens with zero attached hydrogens (tertiary/aromatic N) is 4. The Morgan fingerprint density at radius 1 is 1.17 bits per heavy atom. The molecule has 29 heavy (non-hydrogen) atoms. The van der Waals surface area contributed by atoms with Crippen molar-refractivity contribution < 1.29 is 4.79 Å². The van der Waals surface area contributed by atoms with E-state index < -0.39 is 0 Å². The van der Waals surface area contributed by atoms with Crippen LogP contribution >= 0.6 is 0 Å². The van der Waals surface area contributed by atoms with Crippen molar-refractivity contribution in [3.8, 4) is 11.3 Å². The van der Waals surface area contributed by atoms with Crippen molar-refractivity contribution in [2.24, 2.45) is 7.05 Å². The fraction of sp³-hybridized carbons (Fsp3) is 0.217. The van der Waals surface area contributed by atoms with Gasteiger partial charge in [-0.1, -0.05) is 11.6 Å². The molecule has 146 valence electrons. The summed E-state index contributed by atoms with van der Waals surface area (Å²) in [4.78, 5) is 21.9. The Bertz CT molecular complexity index is 1150. The summed E-state index contributed by atoms with van der Waals surface area (Å²) < 4.78 is 1.79. The van der Waals surface area contributed by atoms with Gasteiger partial charge in [0.25, 0.3) is 5.91 Å².